The van der Waals surface area contributed by atoms with Gasteiger partial charge in [-0.1, -0.05) is 20.3 Å². The first-order chi connectivity index (χ1) is 9.04. The Kier molecular flexibility index (Phi) is 4.32. The minimum Gasteiger partial charge on any atom is -0.480 e. The molecule has 2 N–H and O–H groups in total. The van der Waals surface area contributed by atoms with Gasteiger partial charge in [0, 0.05) is 12.6 Å². The number of carbonyl (C=O) groups is 2. The average molecular weight is 268 g/mol. The predicted octanol–water partition coefficient (Wildman–Crippen LogP) is 2.07. The molecule has 1 saturated carbocycles. The molecule has 2 aliphatic rings. The van der Waals surface area contributed by atoms with Crippen molar-refractivity contribution in [2.24, 2.45) is 11.8 Å². The number of carbonyl (C=O) groups excluding carboxylic acids is 1. The van der Waals surface area contributed by atoms with Crippen LogP contribution in [-0.4, -0.2) is 40.6 Å². The van der Waals surface area contributed by atoms with Crippen LogP contribution in [0.5, 0.6) is 0 Å². The van der Waals surface area contributed by atoms with Crippen LogP contribution in [0.4, 0.5) is 4.79 Å². The number of amides is 2. The van der Waals surface area contributed by atoms with Gasteiger partial charge in [0.25, 0.3) is 0 Å². The van der Waals surface area contributed by atoms with Gasteiger partial charge < -0.3 is 15.3 Å². The van der Waals surface area contributed by atoms with E-state index < -0.39 is 12.0 Å². The maximum atomic E-state index is 12.2. The van der Waals surface area contributed by atoms with E-state index in [1.165, 1.54) is 4.90 Å². The van der Waals surface area contributed by atoms with Gasteiger partial charge in [-0.3, -0.25) is 0 Å². The molecule has 19 heavy (non-hydrogen) atoms. The van der Waals surface area contributed by atoms with Gasteiger partial charge in [0.2, 0.25) is 0 Å². The molecule has 3 unspecified atom stereocenters. The summed E-state index contributed by atoms with van der Waals surface area (Å²) < 4.78 is 0. The van der Waals surface area contributed by atoms with Crippen molar-refractivity contribution in [3.05, 3.63) is 0 Å². The van der Waals surface area contributed by atoms with Gasteiger partial charge in [-0.25, -0.2) is 9.59 Å². The minimum atomic E-state index is -0.890. The van der Waals surface area contributed by atoms with Crippen LogP contribution in [0.3, 0.4) is 0 Å². The lowest BCUT2D eigenvalue weighted by Crippen LogP contribution is -2.49. The number of hydrogen-bond acceptors (Lipinski definition) is 2. The maximum absolute atomic E-state index is 12.2. The first kappa shape index (κ1) is 14.2. The van der Waals surface area contributed by atoms with E-state index in [1.54, 1.807) is 0 Å². The van der Waals surface area contributed by atoms with Crippen LogP contribution in [0.2, 0.25) is 0 Å². The molecule has 2 fully saturated rings. The second kappa shape index (κ2) is 5.80. The molecule has 0 aromatic heterocycles. The zero-order chi connectivity index (χ0) is 14.0. The molecule has 5 heteroatoms. The lowest BCUT2D eigenvalue weighted by atomic mass is 9.93. The summed E-state index contributed by atoms with van der Waals surface area (Å²) >= 11 is 0. The summed E-state index contributed by atoms with van der Waals surface area (Å²) in [7, 11) is 0. The fraction of sp³-hybridized carbons (Fsp3) is 0.857. The van der Waals surface area contributed by atoms with Crippen molar-refractivity contribution >= 4 is 12.0 Å². The highest BCUT2D eigenvalue weighted by molar-refractivity contribution is 5.83. The van der Waals surface area contributed by atoms with Crippen molar-refractivity contribution in [2.45, 2.75) is 58.0 Å². The summed E-state index contributed by atoms with van der Waals surface area (Å²) in [6.45, 7) is 4.93. The van der Waals surface area contributed by atoms with Crippen LogP contribution < -0.4 is 5.32 Å². The van der Waals surface area contributed by atoms with E-state index in [0.29, 0.717) is 24.8 Å². The summed E-state index contributed by atoms with van der Waals surface area (Å²) in [4.78, 5) is 24.8. The number of carboxylic acid groups (broad SMARTS) is 1. The minimum absolute atomic E-state index is 0.196. The topological polar surface area (TPSA) is 69.6 Å². The van der Waals surface area contributed by atoms with Gasteiger partial charge in [0.05, 0.1) is 0 Å². The number of nitrogens with one attached hydrogen (secondary N) is 1. The number of aliphatic carboxylic acids is 1. The van der Waals surface area contributed by atoms with Crippen LogP contribution in [0.15, 0.2) is 0 Å². The fourth-order valence-corrected chi connectivity index (χ4v) is 3.54. The van der Waals surface area contributed by atoms with E-state index in [-0.39, 0.29) is 12.1 Å². The summed E-state index contributed by atoms with van der Waals surface area (Å²) in [5.74, 6) is 0.275. The third-order valence-electron chi connectivity index (χ3n) is 4.86. The molecule has 0 bridgehead atoms. The molecule has 4 atom stereocenters. The third kappa shape index (κ3) is 2.85. The van der Waals surface area contributed by atoms with Crippen LogP contribution in [0.25, 0.3) is 0 Å². The molecule has 0 aromatic rings. The van der Waals surface area contributed by atoms with Crippen LogP contribution in [0.1, 0.15) is 46.0 Å². The van der Waals surface area contributed by atoms with Crippen molar-refractivity contribution in [3.63, 3.8) is 0 Å². The van der Waals surface area contributed by atoms with Crippen LogP contribution in [0, 0.1) is 11.8 Å². The summed E-state index contributed by atoms with van der Waals surface area (Å²) in [5, 5.41) is 12.1. The van der Waals surface area contributed by atoms with Gasteiger partial charge >= 0.3 is 12.0 Å². The Morgan fingerprint density at radius 1 is 1.32 bits per heavy atom. The highest BCUT2D eigenvalue weighted by Crippen LogP contribution is 2.34. The number of hydrogen-bond donors (Lipinski definition) is 2. The predicted molar refractivity (Wildman–Crippen MR) is 71.9 cm³/mol. The number of nitrogens with zero attached hydrogens (tertiary/aromatic N) is 1. The molecule has 0 aromatic carbocycles. The molecule has 1 saturated heterocycles. The quantitative estimate of drug-likeness (QED) is 0.823. The summed E-state index contributed by atoms with van der Waals surface area (Å²) in [5.41, 5.74) is 0. The first-order valence-corrected chi connectivity index (χ1v) is 7.34. The smallest absolute Gasteiger partial charge is 0.326 e. The largest absolute Gasteiger partial charge is 0.480 e. The number of likely N-dealkylation sites (tertiary alicyclic amines) is 1. The molecule has 1 heterocycles. The highest BCUT2D eigenvalue weighted by Gasteiger charge is 2.37. The summed E-state index contributed by atoms with van der Waals surface area (Å²) in [6, 6.07) is -0.635. The zero-order valence-corrected chi connectivity index (χ0v) is 11.8. The van der Waals surface area contributed by atoms with Gasteiger partial charge in [0.15, 0.2) is 0 Å². The zero-order valence-electron chi connectivity index (χ0n) is 11.8. The van der Waals surface area contributed by atoms with Gasteiger partial charge in [-0.15, -0.1) is 0 Å². The molecule has 0 radical (unpaired) electrons. The first-order valence-electron chi connectivity index (χ1n) is 7.34. The standard InChI is InChI=1S/C14H24N2O3/c1-3-10-6-7-11(9(10)2)15-14(19)16-8-4-5-12(16)13(17)18/h9-12H,3-8H2,1-2H3,(H,15,19)(H,17,18)/t9?,10?,11?,12-/m0/s1. The molecule has 2 amide bonds. The Bertz CT molecular complexity index is 359. The fourth-order valence-electron chi connectivity index (χ4n) is 3.54. The number of urea groups is 1. The lowest BCUT2D eigenvalue weighted by molar-refractivity contribution is -0.141. The third-order valence-corrected chi connectivity index (χ3v) is 4.86. The number of rotatable bonds is 3. The molecule has 5 nitrogen and oxygen atoms in total. The van der Waals surface area contributed by atoms with E-state index in [1.807, 2.05) is 0 Å². The molecule has 108 valence electrons. The van der Waals surface area contributed by atoms with Crippen molar-refractivity contribution in [3.8, 4) is 0 Å². The number of carboxylic acids is 1. The van der Waals surface area contributed by atoms with E-state index in [4.69, 9.17) is 5.11 Å². The molecule has 1 aliphatic carbocycles. The van der Waals surface area contributed by atoms with Crippen molar-refractivity contribution in [2.75, 3.05) is 6.54 Å². The highest BCUT2D eigenvalue weighted by atomic mass is 16.4. The maximum Gasteiger partial charge on any atom is 0.326 e. The Labute approximate surface area is 114 Å². The normalized spacial score (nSPS) is 34.5. The SMILES string of the molecule is CCC1CCC(NC(=O)N2CCC[C@H]2C(=O)O)C1C. The Morgan fingerprint density at radius 3 is 2.63 bits per heavy atom. The molecule has 0 spiro atoms. The van der Waals surface area contributed by atoms with E-state index in [9.17, 15) is 9.59 Å². The van der Waals surface area contributed by atoms with Crippen molar-refractivity contribution in [1.82, 2.24) is 10.2 Å². The Balaban J connectivity index is 1.92. The van der Waals surface area contributed by atoms with E-state index in [2.05, 4.69) is 19.2 Å². The van der Waals surface area contributed by atoms with Gasteiger partial charge in [0.1, 0.15) is 6.04 Å². The molecular weight excluding hydrogens is 244 g/mol. The second-order valence-electron chi connectivity index (χ2n) is 5.85. The van der Waals surface area contributed by atoms with E-state index in [0.717, 1.165) is 25.7 Å². The monoisotopic (exact) mass is 268 g/mol. The van der Waals surface area contributed by atoms with Gasteiger partial charge in [-0.2, -0.15) is 0 Å². The van der Waals surface area contributed by atoms with Crippen LogP contribution in [-0.2, 0) is 4.79 Å². The van der Waals surface area contributed by atoms with Crippen molar-refractivity contribution in [1.29, 1.82) is 0 Å². The van der Waals surface area contributed by atoms with E-state index >= 15 is 0 Å². The Morgan fingerprint density at radius 2 is 2.05 bits per heavy atom. The Hall–Kier alpha value is -1.26. The molecule has 2 rings (SSSR count). The lowest BCUT2D eigenvalue weighted by Gasteiger charge is -2.26. The van der Waals surface area contributed by atoms with Crippen molar-refractivity contribution < 1.29 is 14.7 Å². The second-order valence-corrected chi connectivity index (χ2v) is 5.85. The summed E-state index contributed by atoms with van der Waals surface area (Å²) in [6.07, 6.45) is 4.67. The molecule has 1 aliphatic heterocycles. The molecular formula is C14H24N2O3. The average Bonchev–Trinajstić information content (AvgIpc) is 2.97. The van der Waals surface area contributed by atoms with Gasteiger partial charge in [-0.05, 0) is 37.5 Å². The van der Waals surface area contributed by atoms with Crippen LogP contribution >= 0.6 is 0 Å².